The molecule has 6 rings (SSSR count). The van der Waals surface area contributed by atoms with Gasteiger partial charge >= 0.3 is 12.6 Å². The highest BCUT2D eigenvalue weighted by Crippen LogP contribution is 2.55. The van der Waals surface area contributed by atoms with Gasteiger partial charge in [0, 0.05) is 34.3 Å². The highest BCUT2D eigenvalue weighted by atomic mass is 32.2. The van der Waals surface area contributed by atoms with Crippen LogP contribution in [0.4, 0.5) is 8.78 Å². The summed E-state index contributed by atoms with van der Waals surface area (Å²) in [6, 6.07) is 10.1. The molecule has 11 heteroatoms. The van der Waals surface area contributed by atoms with E-state index in [9.17, 15) is 23.8 Å². The van der Waals surface area contributed by atoms with Crippen LogP contribution >= 0.6 is 11.8 Å². The molecule has 0 radical (unpaired) electrons. The number of aromatic nitrogens is 4. The normalized spacial score (nSPS) is 20.5. The number of carbonyl (C=O) groups is 1. The first-order chi connectivity index (χ1) is 17.6. The number of imidazole rings is 1. The number of rotatable bonds is 5. The molecular weight excluding hydrogens is 502 g/mol. The fourth-order valence-electron chi connectivity index (χ4n) is 5.23. The third-order valence-corrected chi connectivity index (χ3v) is 8.20. The Kier molecular flexibility index (Phi) is 5.46. The summed E-state index contributed by atoms with van der Waals surface area (Å²) in [5, 5.41) is 19.4. The van der Waals surface area contributed by atoms with Gasteiger partial charge in [-0.1, -0.05) is 12.1 Å². The minimum Gasteiger partial charge on any atom is -0.480 e. The maximum Gasteiger partial charge on any atom is 0.387 e. The van der Waals surface area contributed by atoms with Crippen LogP contribution in [0.3, 0.4) is 0 Å². The van der Waals surface area contributed by atoms with Gasteiger partial charge in [0.1, 0.15) is 22.4 Å². The molecule has 0 saturated carbocycles. The number of benzene rings is 2. The topological polar surface area (TPSA) is 110 Å². The summed E-state index contributed by atoms with van der Waals surface area (Å²) in [7, 11) is 0. The summed E-state index contributed by atoms with van der Waals surface area (Å²) < 4.78 is 33.4. The summed E-state index contributed by atoms with van der Waals surface area (Å²) in [5.74, 6) is -0.441. The molecule has 2 aliphatic heterocycles. The van der Waals surface area contributed by atoms with E-state index in [1.165, 1.54) is 6.07 Å². The molecule has 0 saturated heterocycles. The standard InChI is InChI=1S/C26H22F2N4O4S/c1-26(2,35)24-29-10-13(11-30-24)12-6-7-15-16(8-12)32-17-9-14(22(32)31-15)21(23(33)34)37-19-5-3-4-18(20(17)19)36-25(27)28/h3-8,10-11,14,17,21,25,35H,9H2,1-2H3,(H,33,34). The van der Waals surface area contributed by atoms with Gasteiger partial charge < -0.3 is 19.5 Å². The first-order valence-electron chi connectivity index (χ1n) is 11.7. The maximum atomic E-state index is 13.3. The number of halogens is 2. The second kappa shape index (κ2) is 8.49. The second-order valence-electron chi connectivity index (χ2n) is 9.68. The van der Waals surface area contributed by atoms with E-state index in [-0.39, 0.29) is 5.75 Å². The van der Waals surface area contributed by atoms with Gasteiger partial charge in [0.15, 0.2) is 5.82 Å². The number of ether oxygens (including phenoxy) is 1. The third kappa shape index (κ3) is 3.93. The summed E-state index contributed by atoms with van der Waals surface area (Å²) in [6.07, 6.45) is 3.67. The Labute approximate surface area is 214 Å². The SMILES string of the molecule is CC(C)(O)c1ncc(-c2ccc3nc4n(c3c2)C2CC4C(C(=O)O)Sc3cccc(OC(F)F)c32)cn1. The second-order valence-corrected chi connectivity index (χ2v) is 10.9. The number of hydrogen-bond acceptors (Lipinski definition) is 7. The van der Waals surface area contributed by atoms with Crippen molar-refractivity contribution in [3.05, 3.63) is 66.0 Å². The predicted octanol–water partition coefficient (Wildman–Crippen LogP) is 4.96. The number of carboxylic acids is 1. The number of hydrogen-bond donors (Lipinski definition) is 2. The average Bonchev–Trinajstić information content (AvgIpc) is 3.32. The number of nitrogens with zero attached hydrogens (tertiary/aromatic N) is 4. The van der Waals surface area contributed by atoms with Crippen LogP contribution < -0.4 is 4.74 Å². The van der Waals surface area contributed by atoms with Crippen molar-refractivity contribution >= 4 is 28.8 Å². The first kappa shape index (κ1) is 23.8. The van der Waals surface area contributed by atoms with E-state index < -0.39 is 35.4 Å². The Hall–Kier alpha value is -3.57. The molecule has 4 aromatic rings. The number of carboxylic acid groups (broad SMARTS) is 1. The van der Waals surface area contributed by atoms with Crippen molar-refractivity contribution in [1.29, 1.82) is 0 Å². The zero-order valence-corrected chi connectivity index (χ0v) is 20.6. The Morgan fingerprint density at radius 1 is 1.19 bits per heavy atom. The fraction of sp³-hybridized carbons (Fsp3) is 0.308. The van der Waals surface area contributed by atoms with Crippen molar-refractivity contribution < 1.29 is 28.5 Å². The Balaban J connectivity index is 1.53. The lowest BCUT2D eigenvalue weighted by Gasteiger charge is -2.22. The molecule has 0 amide bonds. The molecule has 3 unspecified atom stereocenters. The van der Waals surface area contributed by atoms with Gasteiger partial charge in [-0.05, 0) is 50.1 Å². The summed E-state index contributed by atoms with van der Waals surface area (Å²) in [4.78, 5) is 26.3. The van der Waals surface area contributed by atoms with E-state index in [2.05, 4.69) is 9.97 Å². The van der Waals surface area contributed by atoms with E-state index in [1.54, 1.807) is 38.4 Å². The number of thioether (sulfide) groups is 1. The van der Waals surface area contributed by atoms with Gasteiger partial charge in [-0.3, -0.25) is 4.79 Å². The Morgan fingerprint density at radius 2 is 1.95 bits per heavy atom. The van der Waals surface area contributed by atoms with Gasteiger partial charge in [0.25, 0.3) is 0 Å². The molecule has 0 spiro atoms. The largest absolute Gasteiger partial charge is 0.480 e. The van der Waals surface area contributed by atoms with Crippen LogP contribution in [-0.2, 0) is 10.4 Å². The highest BCUT2D eigenvalue weighted by Gasteiger charge is 2.47. The van der Waals surface area contributed by atoms with E-state index >= 15 is 0 Å². The van der Waals surface area contributed by atoms with Gasteiger partial charge in [0.2, 0.25) is 0 Å². The lowest BCUT2D eigenvalue weighted by Crippen LogP contribution is -2.23. The van der Waals surface area contributed by atoms with Crippen molar-refractivity contribution in [2.45, 2.75) is 54.6 Å². The van der Waals surface area contributed by atoms with Crippen LogP contribution in [0.25, 0.3) is 22.2 Å². The molecule has 3 atom stereocenters. The molecule has 0 fully saturated rings. The van der Waals surface area contributed by atoms with Crippen LogP contribution in [0.2, 0.25) is 0 Å². The maximum absolute atomic E-state index is 13.3. The van der Waals surface area contributed by atoms with Crippen molar-refractivity contribution in [3.63, 3.8) is 0 Å². The average molecular weight is 525 g/mol. The quantitative estimate of drug-likeness (QED) is 0.377. The summed E-state index contributed by atoms with van der Waals surface area (Å²) in [6.45, 7) is 0.206. The Morgan fingerprint density at radius 3 is 2.62 bits per heavy atom. The van der Waals surface area contributed by atoms with Crippen molar-refractivity contribution in [1.82, 2.24) is 19.5 Å². The van der Waals surface area contributed by atoms with Crippen LogP contribution in [0.5, 0.6) is 5.75 Å². The molecule has 4 heterocycles. The van der Waals surface area contributed by atoms with Gasteiger partial charge in [-0.2, -0.15) is 8.78 Å². The van der Waals surface area contributed by atoms with Gasteiger partial charge in [-0.25, -0.2) is 15.0 Å². The molecular formula is C26H22F2N4O4S. The van der Waals surface area contributed by atoms with Gasteiger partial charge in [-0.15, -0.1) is 11.8 Å². The molecule has 190 valence electrons. The number of aliphatic carboxylic acids is 1. The van der Waals surface area contributed by atoms with Gasteiger partial charge in [0.05, 0.1) is 17.1 Å². The summed E-state index contributed by atoms with van der Waals surface area (Å²) in [5.41, 5.74) is 2.33. The number of alkyl halides is 2. The molecule has 2 aliphatic rings. The van der Waals surface area contributed by atoms with Crippen LogP contribution in [0, 0.1) is 0 Å². The zero-order chi connectivity index (χ0) is 26.1. The van der Waals surface area contributed by atoms with Crippen molar-refractivity contribution in [2.24, 2.45) is 0 Å². The van der Waals surface area contributed by atoms with E-state index in [1.807, 2.05) is 22.8 Å². The molecule has 37 heavy (non-hydrogen) atoms. The van der Waals surface area contributed by atoms with E-state index in [0.29, 0.717) is 34.0 Å². The minimum atomic E-state index is -3.01. The monoisotopic (exact) mass is 524 g/mol. The fourth-order valence-corrected chi connectivity index (χ4v) is 6.52. The zero-order valence-electron chi connectivity index (χ0n) is 19.8. The molecule has 0 aliphatic carbocycles. The lowest BCUT2D eigenvalue weighted by atomic mass is 9.95. The third-order valence-electron chi connectivity index (χ3n) is 6.81. The van der Waals surface area contributed by atoms with Crippen LogP contribution in [0.1, 0.15) is 49.4 Å². The lowest BCUT2D eigenvalue weighted by molar-refractivity contribution is -0.136. The molecule has 2 bridgehead atoms. The number of fused-ring (bicyclic) bond motifs is 9. The van der Waals surface area contributed by atoms with Crippen molar-refractivity contribution in [2.75, 3.05) is 0 Å². The van der Waals surface area contributed by atoms with E-state index in [0.717, 1.165) is 28.4 Å². The predicted molar refractivity (Wildman–Crippen MR) is 132 cm³/mol. The minimum absolute atomic E-state index is 0.0382. The van der Waals surface area contributed by atoms with Crippen molar-refractivity contribution in [3.8, 4) is 16.9 Å². The highest BCUT2D eigenvalue weighted by molar-refractivity contribution is 8.00. The molecule has 2 aromatic carbocycles. The molecule has 2 N–H and O–H groups in total. The van der Waals surface area contributed by atoms with E-state index in [4.69, 9.17) is 9.72 Å². The van der Waals surface area contributed by atoms with Crippen LogP contribution in [0.15, 0.2) is 53.7 Å². The number of aliphatic hydroxyl groups is 1. The smallest absolute Gasteiger partial charge is 0.387 e. The molecule has 8 nitrogen and oxygen atoms in total. The molecule has 2 aromatic heterocycles. The summed E-state index contributed by atoms with van der Waals surface area (Å²) >= 11 is 1.15. The Bertz CT molecular complexity index is 1530. The van der Waals surface area contributed by atoms with Crippen LogP contribution in [-0.4, -0.2) is 47.6 Å². The first-order valence-corrected chi connectivity index (χ1v) is 12.5.